The summed E-state index contributed by atoms with van der Waals surface area (Å²) in [7, 11) is 0. The summed E-state index contributed by atoms with van der Waals surface area (Å²) in [6, 6.07) is 9.48. The molecule has 0 saturated heterocycles. The van der Waals surface area contributed by atoms with Crippen molar-refractivity contribution in [3.63, 3.8) is 0 Å². The average Bonchev–Trinajstić information content (AvgIpc) is 3.35. The fourth-order valence-corrected chi connectivity index (χ4v) is 4.51. The van der Waals surface area contributed by atoms with Gasteiger partial charge in [-0.15, -0.1) is 36.1 Å². The third-order valence-electron chi connectivity index (χ3n) is 5.81. The molecular formula is C24H22Zr. The Morgan fingerprint density at radius 2 is 0.920 bits per heavy atom. The summed E-state index contributed by atoms with van der Waals surface area (Å²) in [5.74, 6) is 0. The van der Waals surface area contributed by atoms with Crippen LogP contribution in [0.25, 0.3) is 12.2 Å². The van der Waals surface area contributed by atoms with Gasteiger partial charge in [-0.3, -0.25) is 12.2 Å². The summed E-state index contributed by atoms with van der Waals surface area (Å²) in [6.07, 6.45) is 20.7. The minimum atomic E-state index is 0. The molecule has 0 aromatic heterocycles. The summed E-state index contributed by atoms with van der Waals surface area (Å²) < 4.78 is 0. The van der Waals surface area contributed by atoms with Gasteiger partial charge in [0.25, 0.3) is 0 Å². The van der Waals surface area contributed by atoms with Crippen molar-refractivity contribution in [2.24, 2.45) is 0 Å². The molecule has 0 aliphatic heterocycles. The molecule has 25 heavy (non-hydrogen) atoms. The Morgan fingerprint density at radius 3 is 1.36 bits per heavy atom. The smallest absolute Gasteiger partial charge is 0.272 e. The summed E-state index contributed by atoms with van der Waals surface area (Å²) >= 11 is 0. The molecule has 122 valence electrons. The molecule has 6 rings (SSSR count). The van der Waals surface area contributed by atoms with Crippen LogP contribution in [-0.4, -0.2) is 0 Å². The van der Waals surface area contributed by atoms with E-state index in [-0.39, 0.29) is 26.2 Å². The molecule has 2 aromatic carbocycles. The first kappa shape index (κ1) is 17.2. The largest absolute Gasteiger partial charge is 2.00 e. The number of aryl methyl sites for hydroxylation is 4. The van der Waals surface area contributed by atoms with E-state index >= 15 is 0 Å². The predicted octanol–water partition coefficient (Wildman–Crippen LogP) is 5.09. The maximum Gasteiger partial charge on any atom is 2.00 e. The van der Waals surface area contributed by atoms with Crippen molar-refractivity contribution in [3.8, 4) is 0 Å². The van der Waals surface area contributed by atoms with Crippen molar-refractivity contribution in [1.82, 2.24) is 0 Å². The molecular weight excluding hydrogens is 379 g/mol. The number of rotatable bonds is 0. The van der Waals surface area contributed by atoms with E-state index in [1.807, 2.05) is 0 Å². The van der Waals surface area contributed by atoms with E-state index in [1.54, 1.807) is 22.3 Å². The zero-order valence-corrected chi connectivity index (χ0v) is 17.1. The van der Waals surface area contributed by atoms with Crippen molar-refractivity contribution >= 4 is 12.2 Å². The minimum absolute atomic E-state index is 0. The van der Waals surface area contributed by atoms with E-state index in [0.29, 0.717) is 0 Å². The third kappa shape index (κ3) is 3.29. The second kappa shape index (κ2) is 7.20. The van der Waals surface area contributed by atoms with Crippen LogP contribution in [0.3, 0.4) is 0 Å². The van der Waals surface area contributed by atoms with Crippen molar-refractivity contribution < 1.29 is 26.2 Å². The topological polar surface area (TPSA) is 0 Å². The molecule has 2 aromatic rings. The second-order valence-electron chi connectivity index (χ2n) is 7.40. The van der Waals surface area contributed by atoms with Crippen LogP contribution in [0.15, 0.2) is 24.3 Å². The third-order valence-corrected chi connectivity index (χ3v) is 5.81. The van der Waals surface area contributed by atoms with E-state index in [2.05, 4.69) is 48.6 Å². The Balaban J connectivity index is 0.000000121. The van der Waals surface area contributed by atoms with E-state index in [0.717, 1.165) is 12.8 Å². The Hall–Kier alpha value is -1.20. The molecule has 0 atom stereocenters. The zero-order chi connectivity index (χ0) is 15.9. The van der Waals surface area contributed by atoms with Crippen LogP contribution < -0.4 is 0 Å². The van der Waals surface area contributed by atoms with Gasteiger partial charge in [0.2, 0.25) is 0 Å². The van der Waals surface area contributed by atoms with Crippen LogP contribution in [0, 0.1) is 12.2 Å². The minimum Gasteiger partial charge on any atom is -0.272 e. The molecule has 0 saturated carbocycles. The first-order valence-corrected chi connectivity index (χ1v) is 9.29. The van der Waals surface area contributed by atoms with Crippen LogP contribution in [0.5, 0.6) is 0 Å². The van der Waals surface area contributed by atoms with Gasteiger partial charge in [-0.05, 0) is 49.7 Å². The molecule has 4 aliphatic rings. The average molecular weight is 402 g/mol. The fraction of sp³-hybridized carbons (Fsp3) is 0.333. The van der Waals surface area contributed by atoms with Crippen molar-refractivity contribution in [1.29, 1.82) is 0 Å². The predicted molar refractivity (Wildman–Crippen MR) is 99.8 cm³/mol. The molecule has 0 heterocycles. The second-order valence-corrected chi connectivity index (χ2v) is 7.40. The molecule has 0 bridgehead atoms. The van der Waals surface area contributed by atoms with Crippen LogP contribution >= 0.6 is 0 Å². The van der Waals surface area contributed by atoms with Gasteiger partial charge in [-0.1, -0.05) is 23.3 Å². The molecule has 0 unspecified atom stereocenters. The maximum atomic E-state index is 3.27. The van der Waals surface area contributed by atoms with E-state index < -0.39 is 0 Å². The zero-order valence-electron chi connectivity index (χ0n) is 14.6. The molecule has 0 fully saturated rings. The molecule has 0 N–H and O–H groups in total. The number of fused-ring (bicyclic) bond motifs is 4. The van der Waals surface area contributed by atoms with Crippen molar-refractivity contribution in [2.75, 3.05) is 0 Å². The molecule has 1 heteroatoms. The van der Waals surface area contributed by atoms with Gasteiger partial charge in [-0.2, -0.15) is 11.1 Å². The Labute approximate surface area is 170 Å². The van der Waals surface area contributed by atoms with Gasteiger partial charge in [0.05, 0.1) is 0 Å². The van der Waals surface area contributed by atoms with Gasteiger partial charge in [0.1, 0.15) is 0 Å². The van der Waals surface area contributed by atoms with Gasteiger partial charge < -0.3 is 0 Å². The van der Waals surface area contributed by atoms with Gasteiger partial charge in [0.15, 0.2) is 0 Å². The maximum absolute atomic E-state index is 3.27. The van der Waals surface area contributed by atoms with Gasteiger partial charge in [0, 0.05) is 0 Å². The number of benzene rings is 2. The number of allylic oxidation sites excluding steroid dienone is 2. The van der Waals surface area contributed by atoms with Gasteiger partial charge in [-0.25, -0.2) is 12.2 Å². The molecule has 0 amide bonds. The van der Waals surface area contributed by atoms with E-state index in [9.17, 15) is 0 Å². The molecule has 4 aliphatic carbocycles. The summed E-state index contributed by atoms with van der Waals surface area (Å²) in [6.45, 7) is 0. The molecule has 0 nitrogen and oxygen atoms in total. The van der Waals surface area contributed by atoms with Crippen LogP contribution in [0.2, 0.25) is 0 Å². The van der Waals surface area contributed by atoms with Gasteiger partial charge >= 0.3 is 26.2 Å². The summed E-state index contributed by atoms with van der Waals surface area (Å²) in [5, 5.41) is 0. The first-order valence-electron chi connectivity index (χ1n) is 9.29. The monoisotopic (exact) mass is 400 g/mol. The van der Waals surface area contributed by atoms with Crippen LogP contribution in [0.1, 0.15) is 57.3 Å². The normalized spacial score (nSPS) is 17.3. The summed E-state index contributed by atoms with van der Waals surface area (Å²) in [4.78, 5) is 0. The van der Waals surface area contributed by atoms with E-state index in [1.165, 1.54) is 60.8 Å². The quantitative estimate of drug-likeness (QED) is 0.539. The SMILES string of the molecule is [C-]1=Cc2cc3c(cc2C1)CCC3.[C-]1=Cc2cc3c(cc2C1)CCC3.[Zr+2]. The van der Waals surface area contributed by atoms with Crippen LogP contribution in [-0.2, 0) is 64.7 Å². The standard InChI is InChI=1S/2C12H11.Zr/c2*1-3-9-7-11-5-2-6-12(11)8-10(9)4-1;/h2*5,7-8H,1,3-4,6H2;/q2*-1;+2. The Bertz CT molecular complexity index is 795. The van der Waals surface area contributed by atoms with E-state index in [4.69, 9.17) is 0 Å². The first-order chi connectivity index (χ1) is 11.9. The number of hydrogen-bond acceptors (Lipinski definition) is 0. The van der Waals surface area contributed by atoms with Crippen molar-refractivity contribution in [2.45, 2.75) is 51.4 Å². The summed E-state index contributed by atoms with van der Waals surface area (Å²) in [5.41, 5.74) is 12.1. The van der Waals surface area contributed by atoms with Crippen LogP contribution in [0.4, 0.5) is 0 Å². The molecule has 0 radical (unpaired) electrons. The fourth-order valence-electron chi connectivity index (χ4n) is 4.51. The molecule has 0 spiro atoms. The number of hydrogen-bond donors (Lipinski definition) is 0. The van der Waals surface area contributed by atoms with Crippen molar-refractivity contribution in [3.05, 3.63) is 80.9 Å². The Kier molecular flexibility index (Phi) is 4.96. The Morgan fingerprint density at radius 1 is 0.520 bits per heavy atom.